The second-order valence-electron chi connectivity index (χ2n) is 1.38. The van der Waals surface area contributed by atoms with Crippen LogP contribution in [0.4, 0.5) is 4.79 Å². The highest BCUT2D eigenvalue weighted by Gasteiger charge is 2.11. The van der Waals surface area contributed by atoms with Crippen LogP contribution in [0, 0.1) is 5.41 Å². The summed E-state index contributed by atoms with van der Waals surface area (Å²) in [6, 6.07) is 0. The molecule has 0 aliphatic rings. The summed E-state index contributed by atoms with van der Waals surface area (Å²) in [5.74, 6) is -0.471. The van der Waals surface area contributed by atoms with Crippen molar-refractivity contribution < 1.29 is 9.63 Å². The minimum Gasteiger partial charge on any atom is -0.368 e. The number of hydrogen-bond donors (Lipinski definition) is 3. The number of thiol groups is 1. The zero-order chi connectivity index (χ0) is 8.15. The molecule has 0 radical (unpaired) electrons. The number of nitrogens with zero attached hydrogens (tertiary/aromatic N) is 1. The Morgan fingerprint density at radius 3 is 2.50 bits per heavy atom. The van der Waals surface area contributed by atoms with Gasteiger partial charge < -0.3 is 5.73 Å². The van der Waals surface area contributed by atoms with Crippen molar-refractivity contribution in [1.82, 2.24) is 5.06 Å². The first-order valence-corrected chi connectivity index (χ1v) is 3.04. The van der Waals surface area contributed by atoms with Crippen LogP contribution in [0.15, 0.2) is 0 Å². The fraction of sp³-hybridized carbons (Fsp3) is 0.500. The molecular weight excluding hydrogens is 154 g/mol. The molecule has 0 saturated heterocycles. The van der Waals surface area contributed by atoms with Crippen LogP contribution in [0.5, 0.6) is 0 Å². The van der Waals surface area contributed by atoms with E-state index in [1.807, 2.05) is 0 Å². The number of nitrogens with two attached hydrogens (primary N) is 1. The van der Waals surface area contributed by atoms with Crippen LogP contribution in [0.25, 0.3) is 0 Å². The molecule has 0 aliphatic carbocycles. The molecule has 0 saturated carbocycles. The summed E-state index contributed by atoms with van der Waals surface area (Å²) in [6.45, 7) is 1.94. The zero-order valence-corrected chi connectivity index (χ0v) is 6.39. The number of guanidine groups is 1. The zero-order valence-electron chi connectivity index (χ0n) is 5.50. The molecule has 0 bridgehead atoms. The lowest BCUT2D eigenvalue weighted by atomic mass is 10.9. The highest BCUT2D eigenvalue weighted by molar-refractivity contribution is 7.96. The molecule has 0 fully saturated rings. The molecule has 6 heteroatoms. The van der Waals surface area contributed by atoms with E-state index in [1.165, 1.54) is 0 Å². The SMILES string of the molecule is CCON(C(=N)N)C(=O)S. The van der Waals surface area contributed by atoms with Crippen LogP contribution < -0.4 is 5.73 Å². The normalized spacial score (nSPS) is 9.00. The van der Waals surface area contributed by atoms with Gasteiger partial charge in [0.2, 0.25) is 5.96 Å². The minimum atomic E-state index is -0.700. The summed E-state index contributed by atoms with van der Waals surface area (Å²) >= 11 is 3.41. The maximum Gasteiger partial charge on any atom is 0.309 e. The van der Waals surface area contributed by atoms with Crippen molar-refractivity contribution in [2.45, 2.75) is 6.92 Å². The van der Waals surface area contributed by atoms with Gasteiger partial charge in [0.05, 0.1) is 6.61 Å². The Balaban J connectivity index is 3.98. The Morgan fingerprint density at radius 2 is 2.40 bits per heavy atom. The summed E-state index contributed by atoms with van der Waals surface area (Å²) in [5.41, 5.74) is 4.94. The highest BCUT2D eigenvalue weighted by atomic mass is 32.1. The largest absolute Gasteiger partial charge is 0.368 e. The van der Waals surface area contributed by atoms with E-state index < -0.39 is 11.2 Å². The molecule has 1 amide bonds. The number of carbonyl (C=O) groups is 1. The Kier molecular flexibility index (Phi) is 3.82. The van der Waals surface area contributed by atoms with Crippen molar-refractivity contribution in [2.24, 2.45) is 5.73 Å². The minimum absolute atomic E-state index is 0.270. The van der Waals surface area contributed by atoms with E-state index in [0.29, 0.717) is 5.06 Å². The molecule has 0 rings (SSSR count). The lowest BCUT2D eigenvalue weighted by Crippen LogP contribution is -2.38. The maximum absolute atomic E-state index is 10.4. The number of nitrogens with one attached hydrogen (secondary N) is 1. The van der Waals surface area contributed by atoms with Crippen LogP contribution in [0.1, 0.15) is 6.92 Å². The quantitative estimate of drug-likeness (QED) is 0.235. The van der Waals surface area contributed by atoms with Crippen LogP contribution in [0.2, 0.25) is 0 Å². The van der Waals surface area contributed by atoms with Crippen molar-refractivity contribution in [1.29, 1.82) is 5.41 Å². The molecule has 0 aromatic carbocycles. The summed E-state index contributed by atoms with van der Waals surface area (Å²) in [5, 5.41) is 6.69. The number of hydroxylamine groups is 2. The molecule has 0 aromatic heterocycles. The molecule has 0 spiro atoms. The lowest BCUT2D eigenvalue weighted by molar-refractivity contribution is -0.0475. The maximum atomic E-state index is 10.4. The molecular formula is C4H9N3O2S. The van der Waals surface area contributed by atoms with Crippen molar-refractivity contribution in [3.63, 3.8) is 0 Å². The van der Waals surface area contributed by atoms with Crippen LogP contribution in [-0.4, -0.2) is 22.9 Å². The molecule has 0 atom stereocenters. The molecule has 0 aromatic rings. The third kappa shape index (κ3) is 2.70. The van der Waals surface area contributed by atoms with Gasteiger partial charge in [-0.2, -0.15) is 0 Å². The predicted octanol–water partition coefficient (Wildman–Crippen LogP) is 0.183. The predicted molar refractivity (Wildman–Crippen MR) is 39.8 cm³/mol. The standard InChI is InChI=1S/C4H9N3O2S/c1-2-9-7(3(5)6)4(8)10/h2H2,1H3,(H3,5,6)(H,8,10). The lowest BCUT2D eigenvalue weighted by Gasteiger charge is -2.14. The second-order valence-corrected chi connectivity index (χ2v) is 1.76. The molecule has 3 N–H and O–H groups in total. The first kappa shape index (κ1) is 9.25. The number of hydrogen-bond acceptors (Lipinski definition) is 3. The average Bonchev–Trinajstić information content (AvgIpc) is 1.81. The first-order chi connectivity index (χ1) is 4.59. The van der Waals surface area contributed by atoms with E-state index in [2.05, 4.69) is 17.5 Å². The van der Waals surface area contributed by atoms with Gasteiger partial charge in [-0.1, -0.05) is 12.6 Å². The third-order valence-corrected chi connectivity index (χ3v) is 0.832. The topological polar surface area (TPSA) is 79.4 Å². The smallest absolute Gasteiger partial charge is 0.309 e. The van der Waals surface area contributed by atoms with E-state index in [9.17, 15) is 4.79 Å². The monoisotopic (exact) mass is 163 g/mol. The van der Waals surface area contributed by atoms with Gasteiger partial charge in [0.1, 0.15) is 0 Å². The Bertz CT molecular complexity index is 135. The van der Waals surface area contributed by atoms with E-state index >= 15 is 0 Å². The van der Waals surface area contributed by atoms with Crippen molar-refractivity contribution in [3.05, 3.63) is 0 Å². The van der Waals surface area contributed by atoms with Gasteiger partial charge in [-0.05, 0) is 6.92 Å². The summed E-state index contributed by atoms with van der Waals surface area (Å²) < 4.78 is 0. The Hall–Kier alpha value is -0.750. The van der Waals surface area contributed by atoms with Gasteiger partial charge in [-0.15, -0.1) is 5.06 Å². The summed E-state index contributed by atoms with van der Waals surface area (Å²) in [4.78, 5) is 15.0. The summed E-state index contributed by atoms with van der Waals surface area (Å²) in [6.07, 6.45) is 0. The molecule has 0 heterocycles. The van der Waals surface area contributed by atoms with Crippen molar-refractivity contribution >= 4 is 23.8 Å². The first-order valence-electron chi connectivity index (χ1n) is 2.59. The van der Waals surface area contributed by atoms with Gasteiger partial charge in [0.15, 0.2) is 0 Å². The number of rotatable bonds is 2. The van der Waals surface area contributed by atoms with Crippen LogP contribution in [0.3, 0.4) is 0 Å². The molecule has 0 unspecified atom stereocenters. The highest BCUT2D eigenvalue weighted by Crippen LogP contribution is 1.94. The number of carbonyl (C=O) groups excluding carboxylic acids is 1. The molecule has 5 nitrogen and oxygen atoms in total. The van der Waals surface area contributed by atoms with E-state index in [-0.39, 0.29) is 6.61 Å². The van der Waals surface area contributed by atoms with Gasteiger partial charge in [-0.25, -0.2) is 0 Å². The van der Waals surface area contributed by atoms with E-state index in [0.717, 1.165) is 0 Å². The van der Waals surface area contributed by atoms with Crippen LogP contribution >= 0.6 is 12.6 Å². The van der Waals surface area contributed by atoms with Gasteiger partial charge in [0, 0.05) is 0 Å². The van der Waals surface area contributed by atoms with E-state index in [4.69, 9.17) is 11.1 Å². The summed E-state index contributed by atoms with van der Waals surface area (Å²) in [7, 11) is 0. The fourth-order valence-corrected chi connectivity index (χ4v) is 0.522. The fourth-order valence-electron chi connectivity index (χ4n) is 0.357. The van der Waals surface area contributed by atoms with Gasteiger partial charge in [0.25, 0.3) is 0 Å². The van der Waals surface area contributed by atoms with Crippen molar-refractivity contribution in [2.75, 3.05) is 6.61 Å². The van der Waals surface area contributed by atoms with E-state index in [1.54, 1.807) is 6.92 Å². The van der Waals surface area contributed by atoms with Gasteiger partial charge >= 0.3 is 5.24 Å². The second kappa shape index (κ2) is 4.13. The Labute approximate surface area is 64.0 Å². The van der Waals surface area contributed by atoms with Crippen molar-refractivity contribution in [3.8, 4) is 0 Å². The number of amides is 1. The molecule has 0 aliphatic heterocycles. The van der Waals surface area contributed by atoms with Gasteiger partial charge in [-0.3, -0.25) is 15.0 Å². The van der Waals surface area contributed by atoms with Crippen LogP contribution in [-0.2, 0) is 4.84 Å². The molecule has 10 heavy (non-hydrogen) atoms. The third-order valence-electron chi connectivity index (χ3n) is 0.651. The average molecular weight is 163 g/mol. The molecule has 58 valence electrons. The Morgan fingerprint density at radius 1 is 1.90 bits per heavy atom.